The van der Waals surface area contributed by atoms with Gasteiger partial charge in [0.15, 0.2) is 0 Å². The number of ether oxygens (including phenoxy) is 1. The number of hydrogen-bond donors (Lipinski definition) is 1. The number of carbonyl (C=O) groups is 1. The Morgan fingerprint density at radius 1 is 1.46 bits per heavy atom. The summed E-state index contributed by atoms with van der Waals surface area (Å²) in [5, 5.41) is 6.95. The normalized spacial score (nSPS) is 18.4. The van der Waals surface area contributed by atoms with Crippen molar-refractivity contribution >= 4 is 5.91 Å². The van der Waals surface area contributed by atoms with Crippen LogP contribution in [-0.2, 0) is 16.0 Å². The highest BCUT2D eigenvalue weighted by atomic mass is 16.5. The van der Waals surface area contributed by atoms with Gasteiger partial charge in [0.1, 0.15) is 0 Å². The fourth-order valence-electron chi connectivity index (χ4n) is 2.89. The van der Waals surface area contributed by atoms with Crippen LogP contribution in [-0.4, -0.2) is 65.8 Å². The maximum absolute atomic E-state index is 12.0. The van der Waals surface area contributed by atoms with Gasteiger partial charge in [-0.3, -0.25) is 9.78 Å². The van der Waals surface area contributed by atoms with Gasteiger partial charge in [0.25, 0.3) is 0 Å². The number of nitrogens with one attached hydrogen (secondary N) is 1. The summed E-state index contributed by atoms with van der Waals surface area (Å²) in [4.78, 5) is 22.6. The van der Waals surface area contributed by atoms with Gasteiger partial charge in [-0.1, -0.05) is 5.16 Å². The minimum Gasteiger partial charge on any atom is -0.380 e. The van der Waals surface area contributed by atoms with E-state index in [1.54, 1.807) is 12.4 Å². The van der Waals surface area contributed by atoms with E-state index >= 15 is 0 Å². The lowest BCUT2D eigenvalue weighted by atomic mass is 10.1. The predicted molar refractivity (Wildman–Crippen MR) is 95.3 cm³/mol. The summed E-state index contributed by atoms with van der Waals surface area (Å²) in [5.41, 5.74) is 0.816. The van der Waals surface area contributed by atoms with Gasteiger partial charge in [0.05, 0.1) is 13.2 Å². The van der Waals surface area contributed by atoms with Crippen molar-refractivity contribution in [3.8, 4) is 11.4 Å². The molecule has 26 heavy (non-hydrogen) atoms. The van der Waals surface area contributed by atoms with Crippen molar-refractivity contribution in [2.45, 2.75) is 19.3 Å². The van der Waals surface area contributed by atoms with Crippen molar-refractivity contribution in [2.75, 3.05) is 39.9 Å². The van der Waals surface area contributed by atoms with E-state index in [9.17, 15) is 4.79 Å². The number of nitrogens with zero attached hydrogens (tertiary/aromatic N) is 4. The topological polar surface area (TPSA) is 93.4 Å². The van der Waals surface area contributed by atoms with Crippen molar-refractivity contribution < 1.29 is 14.1 Å². The van der Waals surface area contributed by atoms with Crippen LogP contribution in [0.5, 0.6) is 0 Å². The molecule has 1 atom stereocenters. The van der Waals surface area contributed by atoms with Crippen LogP contribution in [0.1, 0.15) is 18.7 Å². The summed E-state index contributed by atoms with van der Waals surface area (Å²) in [6.07, 6.45) is 5.07. The molecule has 1 saturated heterocycles. The molecular weight excluding hydrogens is 334 g/mol. The maximum atomic E-state index is 12.0. The van der Waals surface area contributed by atoms with Crippen molar-refractivity contribution in [3.05, 3.63) is 30.4 Å². The van der Waals surface area contributed by atoms with Gasteiger partial charge in [0, 0.05) is 56.4 Å². The number of hydrogen-bond acceptors (Lipinski definition) is 7. The van der Waals surface area contributed by atoms with E-state index in [0.717, 1.165) is 25.3 Å². The Kier molecular flexibility index (Phi) is 6.68. The Balaban J connectivity index is 1.37. The van der Waals surface area contributed by atoms with E-state index in [1.807, 2.05) is 12.1 Å². The highest BCUT2D eigenvalue weighted by Crippen LogP contribution is 2.14. The smallest absolute Gasteiger partial charge is 0.226 e. The van der Waals surface area contributed by atoms with Crippen LogP contribution in [0.3, 0.4) is 0 Å². The Bertz CT molecular complexity index is 691. The molecule has 2 aromatic rings. The first-order valence-electron chi connectivity index (χ1n) is 8.96. The van der Waals surface area contributed by atoms with Gasteiger partial charge in [0.2, 0.25) is 17.6 Å². The third-order valence-electron chi connectivity index (χ3n) is 4.31. The lowest BCUT2D eigenvalue weighted by Gasteiger charge is -2.19. The molecule has 0 spiro atoms. The van der Waals surface area contributed by atoms with Crippen LogP contribution in [0.2, 0.25) is 0 Å². The monoisotopic (exact) mass is 359 g/mol. The zero-order valence-electron chi connectivity index (χ0n) is 15.1. The minimum absolute atomic E-state index is 0.0453. The van der Waals surface area contributed by atoms with Gasteiger partial charge in [-0.25, -0.2) is 0 Å². The van der Waals surface area contributed by atoms with Gasteiger partial charge in [-0.2, -0.15) is 4.98 Å². The third kappa shape index (κ3) is 5.60. The third-order valence-corrected chi connectivity index (χ3v) is 4.31. The van der Waals surface area contributed by atoms with E-state index in [1.165, 1.54) is 0 Å². The molecule has 2 aromatic heterocycles. The summed E-state index contributed by atoms with van der Waals surface area (Å²) < 4.78 is 10.8. The minimum atomic E-state index is 0.0453. The number of pyridine rings is 1. The molecule has 3 heterocycles. The number of carbonyl (C=O) groups excluding carboxylic acids is 1. The molecule has 8 heteroatoms. The molecular formula is C18H25N5O3. The Morgan fingerprint density at radius 3 is 3.23 bits per heavy atom. The fraction of sp³-hybridized carbons (Fsp3) is 0.556. The molecule has 140 valence electrons. The Labute approximate surface area is 152 Å². The summed E-state index contributed by atoms with van der Waals surface area (Å²) in [6, 6.07) is 3.70. The number of likely N-dealkylation sites (N-methyl/N-ethyl adjacent to an activating group) is 1. The lowest BCUT2D eigenvalue weighted by molar-refractivity contribution is -0.121. The Morgan fingerprint density at radius 2 is 2.38 bits per heavy atom. The molecule has 8 nitrogen and oxygen atoms in total. The molecule has 0 bridgehead atoms. The van der Waals surface area contributed by atoms with E-state index < -0.39 is 0 Å². The van der Waals surface area contributed by atoms with Crippen molar-refractivity contribution in [1.29, 1.82) is 0 Å². The molecule has 3 rings (SSSR count). The first kappa shape index (κ1) is 18.5. The van der Waals surface area contributed by atoms with E-state index in [4.69, 9.17) is 9.26 Å². The van der Waals surface area contributed by atoms with Gasteiger partial charge >= 0.3 is 0 Å². The van der Waals surface area contributed by atoms with Crippen LogP contribution in [0.25, 0.3) is 11.4 Å². The van der Waals surface area contributed by atoms with Crippen LogP contribution in [0, 0.1) is 5.92 Å². The van der Waals surface area contributed by atoms with Gasteiger partial charge < -0.3 is 19.5 Å². The van der Waals surface area contributed by atoms with Crippen molar-refractivity contribution in [2.24, 2.45) is 5.92 Å². The molecule has 1 aliphatic heterocycles. The second-order valence-corrected chi connectivity index (χ2v) is 6.61. The first-order valence-corrected chi connectivity index (χ1v) is 8.96. The second-order valence-electron chi connectivity index (χ2n) is 6.61. The second kappa shape index (κ2) is 9.40. The number of aryl methyl sites for hydroxylation is 1. The largest absolute Gasteiger partial charge is 0.380 e. The average Bonchev–Trinajstić information content (AvgIpc) is 3.02. The SMILES string of the molecule is CN1CCOCC(CNC(=O)CCCc2nc(-c3cccnc3)no2)C1. The number of aromatic nitrogens is 3. The molecule has 1 unspecified atom stereocenters. The summed E-state index contributed by atoms with van der Waals surface area (Å²) in [5.74, 6) is 1.44. The molecule has 0 radical (unpaired) electrons. The maximum Gasteiger partial charge on any atom is 0.226 e. The van der Waals surface area contributed by atoms with E-state index in [-0.39, 0.29) is 5.91 Å². The zero-order chi connectivity index (χ0) is 18.2. The summed E-state index contributed by atoms with van der Waals surface area (Å²) in [6.45, 7) is 3.99. The first-order chi connectivity index (χ1) is 12.7. The quantitative estimate of drug-likeness (QED) is 0.792. The molecule has 1 fully saturated rings. The number of rotatable bonds is 7. The van der Waals surface area contributed by atoms with E-state index in [0.29, 0.717) is 50.0 Å². The van der Waals surface area contributed by atoms with E-state index in [2.05, 4.69) is 32.4 Å². The molecule has 0 aromatic carbocycles. The van der Waals surface area contributed by atoms with Crippen LogP contribution in [0.4, 0.5) is 0 Å². The summed E-state index contributed by atoms with van der Waals surface area (Å²) >= 11 is 0. The molecule has 1 N–H and O–H groups in total. The van der Waals surface area contributed by atoms with Gasteiger partial charge in [-0.15, -0.1) is 0 Å². The summed E-state index contributed by atoms with van der Waals surface area (Å²) in [7, 11) is 2.08. The van der Waals surface area contributed by atoms with Crippen molar-refractivity contribution in [1.82, 2.24) is 25.3 Å². The van der Waals surface area contributed by atoms with Crippen LogP contribution >= 0.6 is 0 Å². The molecule has 1 aliphatic rings. The molecule has 0 saturated carbocycles. The molecule has 0 aliphatic carbocycles. The zero-order valence-corrected chi connectivity index (χ0v) is 15.1. The predicted octanol–water partition coefficient (Wildman–Crippen LogP) is 1.15. The Hall–Kier alpha value is -2.32. The van der Waals surface area contributed by atoms with Crippen molar-refractivity contribution in [3.63, 3.8) is 0 Å². The number of amides is 1. The highest BCUT2D eigenvalue weighted by molar-refractivity contribution is 5.75. The standard InChI is InChI=1S/C18H25N5O3/c1-23-8-9-25-13-14(12-23)10-20-16(24)5-2-6-17-21-18(22-26-17)15-4-3-7-19-11-15/h3-4,7,11,14H,2,5-6,8-10,12-13H2,1H3,(H,20,24). The van der Waals surface area contributed by atoms with Crippen LogP contribution in [0.15, 0.2) is 29.0 Å². The average molecular weight is 359 g/mol. The lowest BCUT2D eigenvalue weighted by Crippen LogP contribution is -2.35. The van der Waals surface area contributed by atoms with Crippen LogP contribution < -0.4 is 5.32 Å². The molecule has 1 amide bonds. The highest BCUT2D eigenvalue weighted by Gasteiger charge is 2.17. The fourth-order valence-corrected chi connectivity index (χ4v) is 2.89. The van der Waals surface area contributed by atoms with Gasteiger partial charge in [-0.05, 0) is 25.6 Å².